The molecule has 3 heterocycles. The molecule has 3 aliphatic heterocycles. The zero-order valence-corrected chi connectivity index (χ0v) is 9.62. The van der Waals surface area contributed by atoms with E-state index in [9.17, 15) is 4.79 Å². The van der Waals surface area contributed by atoms with Gasteiger partial charge < -0.3 is 14.5 Å². The Morgan fingerprint density at radius 3 is 2.73 bits per heavy atom. The third-order valence-electron chi connectivity index (χ3n) is 3.32. The van der Waals surface area contributed by atoms with Gasteiger partial charge in [0.05, 0.1) is 6.54 Å². The topological polar surface area (TPSA) is 32.8 Å². The van der Waals surface area contributed by atoms with Gasteiger partial charge in [0.1, 0.15) is 0 Å². The third-order valence-corrected chi connectivity index (χ3v) is 3.32. The number of fused-ring (bicyclic) bond motifs is 2. The lowest BCUT2D eigenvalue weighted by molar-refractivity contribution is -0.164. The molecule has 1 fully saturated rings. The van der Waals surface area contributed by atoms with Crippen LogP contribution in [0.3, 0.4) is 0 Å². The van der Waals surface area contributed by atoms with Crippen LogP contribution in [0.15, 0.2) is 11.4 Å². The van der Waals surface area contributed by atoms with Crippen LogP contribution in [0.1, 0.15) is 27.2 Å². The van der Waals surface area contributed by atoms with Gasteiger partial charge in [-0.3, -0.25) is 4.79 Å². The van der Waals surface area contributed by atoms with Crippen molar-refractivity contribution in [2.75, 3.05) is 19.6 Å². The Morgan fingerprint density at radius 2 is 2.13 bits per heavy atom. The SMILES string of the molecule is CCC(=O)OC1CN2CCN1C(C)=C2C. The maximum atomic E-state index is 11.3. The van der Waals surface area contributed by atoms with Crippen LogP contribution < -0.4 is 0 Å². The highest BCUT2D eigenvalue weighted by Crippen LogP contribution is 2.28. The Labute approximate surface area is 90.5 Å². The zero-order valence-electron chi connectivity index (χ0n) is 9.62. The number of hydrogen-bond acceptors (Lipinski definition) is 4. The molecule has 4 heteroatoms. The molecule has 1 saturated heterocycles. The van der Waals surface area contributed by atoms with Gasteiger partial charge in [0.15, 0.2) is 6.23 Å². The summed E-state index contributed by atoms with van der Waals surface area (Å²) in [4.78, 5) is 15.8. The van der Waals surface area contributed by atoms with Gasteiger partial charge in [-0.05, 0) is 13.8 Å². The predicted molar refractivity (Wildman–Crippen MR) is 56.8 cm³/mol. The molecule has 1 unspecified atom stereocenters. The van der Waals surface area contributed by atoms with Crippen LogP contribution in [0.2, 0.25) is 0 Å². The summed E-state index contributed by atoms with van der Waals surface area (Å²) in [7, 11) is 0. The Morgan fingerprint density at radius 1 is 1.40 bits per heavy atom. The Balaban J connectivity index is 2.10. The Hall–Kier alpha value is -1.19. The second-order valence-electron chi connectivity index (χ2n) is 4.11. The maximum absolute atomic E-state index is 11.3. The van der Waals surface area contributed by atoms with Crippen molar-refractivity contribution in [3.05, 3.63) is 11.4 Å². The molecule has 0 spiro atoms. The van der Waals surface area contributed by atoms with Crippen molar-refractivity contribution in [1.82, 2.24) is 9.80 Å². The normalized spacial score (nSPS) is 24.9. The van der Waals surface area contributed by atoms with Crippen LogP contribution >= 0.6 is 0 Å². The number of carbonyl (C=O) groups excluding carboxylic acids is 1. The van der Waals surface area contributed by atoms with Gasteiger partial charge in [0, 0.05) is 30.9 Å². The van der Waals surface area contributed by atoms with Crippen LogP contribution in [0.4, 0.5) is 0 Å². The first-order valence-electron chi connectivity index (χ1n) is 5.52. The molecule has 0 aliphatic carbocycles. The molecule has 1 atom stereocenters. The monoisotopic (exact) mass is 210 g/mol. The smallest absolute Gasteiger partial charge is 0.307 e. The maximum Gasteiger partial charge on any atom is 0.307 e. The van der Waals surface area contributed by atoms with Gasteiger partial charge in [-0.2, -0.15) is 0 Å². The molecule has 15 heavy (non-hydrogen) atoms. The van der Waals surface area contributed by atoms with Crippen molar-refractivity contribution in [3.8, 4) is 0 Å². The minimum Gasteiger partial charge on any atom is -0.440 e. The number of nitrogens with zero attached hydrogens (tertiary/aromatic N) is 2. The van der Waals surface area contributed by atoms with E-state index in [4.69, 9.17) is 4.74 Å². The highest BCUT2D eigenvalue weighted by Gasteiger charge is 2.35. The summed E-state index contributed by atoms with van der Waals surface area (Å²) in [5.74, 6) is -0.112. The van der Waals surface area contributed by atoms with E-state index in [2.05, 4.69) is 23.6 Å². The van der Waals surface area contributed by atoms with Crippen LogP contribution in [0.5, 0.6) is 0 Å². The summed E-state index contributed by atoms with van der Waals surface area (Å²) < 4.78 is 5.40. The van der Waals surface area contributed by atoms with E-state index in [1.807, 2.05) is 6.92 Å². The van der Waals surface area contributed by atoms with E-state index >= 15 is 0 Å². The number of esters is 1. The highest BCUT2D eigenvalue weighted by atomic mass is 16.6. The molecule has 2 bridgehead atoms. The van der Waals surface area contributed by atoms with Crippen molar-refractivity contribution in [3.63, 3.8) is 0 Å². The fourth-order valence-corrected chi connectivity index (χ4v) is 2.21. The summed E-state index contributed by atoms with van der Waals surface area (Å²) in [6.07, 6.45) is 0.376. The van der Waals surface area contributed by atoms with Crippen LogP contribution in [-0.4, -0.2) is 41.6 Å². The quantitative estimate of drug-likeness (QED) is 0.640. The minimum atomic E-state index is -0.112. The lowest BCUT2D eigenvalue weighted by atomic mass is 10.1. The average Bonchev–Trinajstić information content (AvgIpc) is 2.25. The van der Waals surface area contributed by atoms with E-state index in [0.29, 0.717) is 6.42 Å². The first kappa shape index (κ1) is 10.3. The van der Waals surface area contributed by atoms with Gasteiger partial charge in [-0.25, -0.2) is 0 Å². The summed E-state index contributed by atoms with van der Waals surface area (Å²) in [6, 6.07) is 0. The van der Waals surface area contributed by atoms with E-state index in [-0.39, 0.29) is 12.2 Å². The first-order valence-corrected chi connectivity index (χ1v) is 5.52. The number of allylic oxidation sites excluding steroid dienone is 2. The molecular weight excluding hydrogens is 192 g/mol. The number of piperazine rings is 1. The molecular formula is C11H18N2O2. The minimum absolute atomic E-state index is 0.0742. The van der Waals surface area contributed by atoms with Gasteiger partial charge >= 0.3 is 5.97 Å². The number of rotatable bonds is 2. The zero-order chi connectivity index (χ0) is 11.0. The molecule has 3 aliphatic rings. The van der Waals surface area contributed by atoms with E-state index in [1.165, 1.54) is 11.4 Å². The van der Waals surface area contributed by atoms with Crippen molar-refractivity contribution >= 4 is 5.97 Å². The fraction of sp³-hybridized carbons (Fsp3) is 0.727. The Kier molecular flexibility index (Phi) is 2.59. The summed E-state index contributed by atoms with van der Waals surface area (Å²) in [5.41, 5.74) is 2.55. The fourth-order valence-electron chi connectivity index (χ4n) is 2.21. The molecule has 0 saturated carbocycles. The summed E-state index contributed by atoms with van der Waals surface area (Å²) in [6.45, 7) is 8.86. The molecule has 3 rings (SSSR count). The largest absolute Gasteiger partial charge is 0.440 e. The number of ether oxygens (including phenoxy) is 1. The lowest BCUT2D eigenvalue weighted by Gasteiger charge is -2.49. The van der Waals surface area contributed by atoms with Crippen molar-refractivity contribution in [2.45, 2.75) is 33.4 Å². The van der Waals surface area contributed by atoms with Crippen molar-refractivity contribution < 1.29 is 9.53 Å². The number of carbonyl (C=O) groups is 1. The predicted octanol–water partition coefficient (Wildman–Crippen LogP) is 1.15. The molecule has 84 valence electrons. The van der Waals surface area contributed by atoms with Gasteiger partial charge in [-0.1, -0.05) is 6.92 Å². The molecule has 0 radical (unpaired) electrons. The third kappa shape index (κ3) is 1.68. The highest BCUT2D eigenvalue weighted by molar-refractivity contribution is 5.69. The van der Waals surface area contributed by atoms with Crippen LogP contribution in [0, 0.1) is 0 Å². The lowest BCUT2D eigenvalue weighted by Crippen LogP contribution is -2.57. The second kappa shape index (κ2) is 3.76. The molecule has 0 aromatic rings. The van der Waals surface area contributed by atoms with Gasteiger partial charge in [0.2, 0.25) is 0 Å². The van der Waals surface area contributed by atoms with Gasteiger partial charge in [0.25, 0.3) is 0 Å². The molecule has 0 aromatic carbocycles. The Bertz CT molecular complexity index is 312. The van der Waals surface area contributed by atoms with E-state index < -0.39 is 0 Å². The van der Waals surface area contributed by atoms with Crippen molar-refractivity contribution in [2.24, 2.45) is 0 Å². The second-order valence-corrected chi connectivity index (χ2v) is 4.11. The summed E-state index contributed by atoms with van der Waals surface area (Å²) in [5, 5.41) is 0. The van der Waals surface area contributed by atoms with Crippen LogP contribution in [-0.2, 0) is 9.53 Å². The molecule has 0 amide bonds. The molecule has 0 N–H and O–H groups in total. The van der Waals surface area contributed by atoms with E-state index in [1.54, 1.807) is 0 Å². The molecule has 4 nitrogen and oxygen atoms in total. The van der Waals surface area contributed by atoms with Crippen LogP contribution in [0.25, 0.3) is 0 Å². The summed E-state index contributed by atoms with van der Waals surface area (Å²) >= 11 is 0. The first-order chi connectivity index (χ1) is 7.13. The average molecular weight is 210 g/mol. The van der Waals surface area contributed by atoms with Crippen molar-refractivity contribution in [1.29, 1.82) is 0 Å². The van der Waals surface area contributed by atoms with E-state index in [0.717, 1.165) is 19.6 Å². The standard InChI is InChI=1S/C11H18N2O2/c1-4-11(14)15-10-7-12-5-6-13(10)9(3)8(12)2/h10H,4-7H2,1-3H3. The van der Waals surface area contributed by atoms with Gasteiger partial charge in [-0.15, -0.1) is 0 Å². The number of hydrogen-bond donors (Lipinski definition) is 0. The molecule has 0 aromatic heterocycles.